The van der Waals surface area contributed by atoms with E-state index in [0.29, 0.717) is 13.1 Å². The summed E-state index contributed by atoms with van der Waals surface area (Å²) in [6, 6.07) is 6.09. The highest BCUT2D eigenvalue weighted by Gasteiger charge is 2.09. The van der Waals surface area contributed by atoms with Crippen molar-refractivity contribution >= 4 is 10.8 Å². The molecule has 1 aromatic carbocycles. The average molecular weight is 303 g/mol. The molecule has 3 atom stereocenters. The van der Waals surface area contributed by atoms with Crippen molar-refractivity contribution in [1.82, 2.24) is 5.32 Å². The molecule has 1 aromatic rings. The lowest BCUT2D eigenvalue weighted by Crippen LogP contribution is -2.33. The average Bonchev–Trinajstić information content (AvgIpc) is 2.42. The molecule has 0 amide bonds. The summed E-state index contributed by atoms with van der Waals surface area (Å²) >= 11 is 0. The third-order valence-electron chi connectivity index (χ3n) is 2.94. The summed E-state index contributed by atoms with van der Waals surface area (Å²) in [6.45, 7) is 2.99. The lowest BCUT2D eigenvalue weighted by atomic mass is 10.3. The second kappa shape index (κ2) is 9.05. The van der Waals surface area contributed by atoms with Crippen LogP contribution in [-0.4, -0.2) is 46.6 Å². The van der Waals surface area contributed by atoms with Gasteiger partial charge in [0.25, 0.3) is 0 Å². The Morgan fingerprint density at radius 3 is 2.80 bits per heavy atom. The standard InChI is InChI=1S/C14H22FNO3S/c1-11(20(2)18)7-8-16-9-12(17)10-19-14-6-4-3-5-13(14)15/h3-6,11-12,16-17H,7-10H2,1-2H3. The summed E-state index contributed by atoms with van der Waals surface area (Å²) in [5.41, 5.74) is 0. The van der Waals surface area contributed by atoms with Gasteiger partial charge in [-0.3, -0.25) is 4.21 Å². The molecule has 4 nitrogen and oxygen atoms in total. The first-order valence-corrected chi connectivity index (χ1v) is 8.21. The van der Waals surface area contributed by atoms with Crippen molar-refractivity contribution in [3.63, 3.8) is 0 Å². The van der Waals surface area contributed by atoms with Crippen LogP contribution in [0.1, 0.15) is 13.3 Å². The van der Waals surface area contributed by atoms with E-state index in [1.807, 2.05) is 6.92 Å². The molecule has 0 aromatic heterocycles. The summed E-state index contributed by atoms with van der Waals surface area (Å²) in [7, 11) is -0.824. The number of hydrogen-bond donors (Lipinski definition) is 2. The largest absolute Gasteiger partial charge is 0.488 e. The number of aliphatic hydroxyl groups is 1. The fraction of sp³-hybridized carbons (Fsp3) is 0.571. The molecule has 114 valence electrons. The Bertz CT molecular complexity index is 431. The number of aliphatic hydroxyl groups excluding tert-OH is 1. The summed E-state index contributed by atoms with van der Waals surface area (Å²) in [5, 5.41) is 12.9. The molecule has 0 aliphatic carbocycles. The number of ether oxygens (including phenoxy) is 1. The Morgan fingerprint density at radius 1 is 1.45 bits per heavy atom. The summed E-state index contributed by atoms with van der Waals surface area (Å²) < 4.78 is 29.6. The number of halogens is 1. The maximum absolute atomic E-state index is 13.3. The lowest BCUT2D eigenvalue weighted by molar-refractivity contribution is 0.104. The van der Waals surface area contributed by atoms with Crippen LogP contribution in [0.25, 0.3) is 0 Å². The van der Waals surface area contributed by atoms with Gasteiger partial charge in [-0.25, -0.2) is 4.39 Å². The summed E-state index contributed by atoms with van der Waals surface area (Å²) in [6.07, 6.45) is 1.75. The van der Waals surface area contributed by atoms with Crippen molar-refractivity contribution in [2.45, 2.75) is 24.7 Å². The van der Waals surface area contributed by atoms with E-state index in [1.165, 1.54) is 12.1 Å². The second-order valence-electron chi connectivity index (χ2n) is 4.70. The first kappa shape index (κ1) is 17.1. The topological polar surface area (TPSA) is 58.6 Å². The minimum atomic E-state index is -0.824. The van der Waals surface area contributed by atoms with E-state index >= 15 is 0 Å². The van der Waals surface area contributed by atoms with Crippen LogP contribution in [0.4, 0.5) is 4.39 Å². The fourth-order valence-corrected chi connectivity index (χ4v) is 2.00. The predicted octanol–water partition coefficient (Wildman–Crippen LogP) is 1.31. The first-order valence-electron chi connectivity index (χ1n) is 6.59. The van der Waals surface area contributed by atoms with Gasteiger partial charge in [-0.15, -0.1) is 0 Å². The van der Waals surface area contributed by atoms with E-state index in [9.17, 15) is 13.7 Å². The summed E-state index contributed by atoms with van der Waals surface area (Å²) in [5.74, 6) is -0.298. The van der Waals surface area contributed by atoms with E-state index < -0.39 is 22.7 Å². The molecular formula is C14H22FNO3S. The molecule has 0 radical (unpaired) electrons. The highest BCUT2D eigenvalue weighted by molar-refractivity contribution is 7.84. The maximum atomic E-state index is 13.3. The maximum Gasteiger partial charge on any atom is 0.165 e. The van der Waals surface area contributed by atoms with Crippen LogP contribution in [-0.2, 0) is 10.8 Å². The van der Waals surface area contributed by atoms with Crippen LogP contribution < -0.4 is 10.1 Å². The molecule has 0 saturated carbocycles. The zero-order valence-corrected chi connectivity index (χ0v) is 12.7. The van der Waals surface area contributed by atoms with Gasteiger partial charge < -0.3 is 15.2 Å². The third kappa shape index (κ3) is 6.45. The van der Waals surface area contributed by atoms with Gasteiger partial charge >= 0.3 is 0 Å². The van der Waals surface area contributed by atoms with Crippen LogP contribution in [0.15, 0.2) is 24.3 Å². The van der Waals surface area contributed by atoms with Gasteiger partial charge in [0.15, 0.2) is 11.6 Å². The van der Waals surface area contributed by atoms with Crippen molar-refractivity contribution < 1.29 is 18.4 Å². The van der Waals surface area contributed by atoms with Gasteiger partial charge in [-0.1, -0.05) is 19.1 Å². The molecule has 6 heteroatoms. The number of para-hydroxylation sites is 1. The number of hydrogen-bond acceptors (Lipinski definition) is 4. The van der Waals surface area contributed by atoms with Crippen molar-refractivity contribution in [1.29, 1.82) is 0 Å². The molecule has 2 N–H and O–H groups in total. The number of rotatable bonds is 9. The van der Waals surface area contributed by atoms with E-state index in [0.717, 1.165) is 6.42 Å². The molecule has 20 heavy (non-hydrogen) atoms. The first-order chi connectivity index (χ1) is 9.50. The molecule has 0 aliphatic heterocycles. The fourth-order valence-electron chi connectivity index (χ4n) is 1.55. The van der Waals surface area contributed by atoms with E-state index in [1.54, 1.807) is 18.4 Å². The van der Waals surface area contributed by atoms with Crippen molar-refractivity contribution in [2.24, 2.45) is 0 Å². The zero-order valence-electron chi connectivity index (χ0n) is 11.8. The van der Waals surface area contributed by atoms with Crippen molar-refractivity contribution in [2.75, 3.05) is 26.0 Å². The predicted molar refractivity (Wildman–Crippen MR) is 78.9 cm³/mol. The van der Waals surface area contributed by atoms with Gasteiger partial charge in [0.05, 0.1) is 0 Å². The van der Waals surface area contributed by atoms with E-state index in [2.05, 4.69) is 5.32 Å². The Morgan fingerprint density at radius 2 is 2.15 bits per heavy atom. The minimum absolute atomic E-state index is 0.0309. The Kier molecular flexibility index (Phi) is 7.72. The van der Waals surface area contributed by atoms with Gasteiger partial charge in [-0.05, 0) is 25.1 Å². The normalized spacial score (nSPS) is 15.6. The van der Waals surface area contributed by atoms with Crippen LogP contribution in [0.2, 0.25) is 0 Å². The molecule has 0 spiro atoms. The Labute approximate surface area is 121 Å². The quantitative estimate of drug-likeness (QED) is 0.675. The smallest absolute Gasteiger partial charge is 0.165 e. The van der Waals surface area contributed by atoms with Crippen LogP contribution in [0, 0.1) is 5.82 Å². The molecule has 0 fully saturated rings. The molecular weight excluding hydrogens is 281 g/mol. The zero-order chi connectivity index (χ0) is 15.0. The van der Waals surface area contributed by atoms with Crippen molar-refractivity contribution in [3.8, 4) is 5.75 Å². The van der Waals surface area contributed by atoms with E-state index in [4.69, 9.17) is 4.74 Å². The third-order valence-corrected chi connectivity index (χ3v) is 4.31. The lowest BCUT2D eigenvalue weighted by Gasteiger charge is -2.14. The number of nitrogens with one attached hydrogen (secondary N) is 1. The second-order valence-corrected chi connectivity index (χ2v) is 6.50. The molecule has 0 heterocycles. The molecule has 0 saturated heterocycles. The monoisotopic (exact) mass is 303 g/mol. The minimum Gasteiger partial charge on any atom is -0.488 e. The van der Waals surface area contributed by atoms with Crippen molar-refractivity contribution in [3.05, 3.63) is 30.1 Å². The Balaban J connectivity index is 2.16. The van der Waals surface area contributed by atoms with Crippen LogP contribution in [0.5, 0.6) is 5.75 Å². The highest BCUT2D eigenvalue weighted by Crippen LogP contribution is 2.15. The number of benzene rings is 1. The highest BCUT2D eigenvalue weighted by atomic mass is 32.2. The molecule has 1 rings (SSSR count). The van der Waals surface area contributed by atoms with Gasteiger partial charge in [0, 0.05) is 28.9 Å². The molecule has 0 aliphatic rings. The molecule has 0 bridgehead atoms. The van der Waals surface area contributed by atoms with Crippen LogP contribution >= 0.6 is 0 Å². The van der Waals surface area contributed by atoms with Gasteiger partial charge in [0.1, 0.15) is 12.7 Å². The van der Waals surface area contributed by atoms with E-state index in [-0.39, 0.29) is 17.6 Å². The van der Waals surface area contributed by atoms with Gasteiger partial charge in [-0.2, -0.15) is 0 Å². The van der Waals surface area contributed by atoms with Crippen LogP contribution in [0.3, 0.4) is 0 Å². The van der Waals surface area contributed by atoms with Gasteiger partial charge in [0.2, 0.25) is 0 Å². The Hall–Kier alpha value is -0.980. The molecule has 3 unspecified atom stereocenters. The summed E-state index contributed by atoms with van der Waals surface area (Å²) in [4.78, 5) is 0. The SMILES string of the molecule is CC(CCNCC(O)COc1ccccc1F)S(C)=O.